The van der Waals surface area contributed by atoms with Gasteiger partial charge in [0.25, 0.3) is 0 Å². The summed E-state index contributed by atoms with van der Waals surface area (Å²) in [6.45, 7) is 12.4. The van der Waals surface area contributed by atoms with Crippen LogP contribution in [0.4, 0.5) is 0 Å². The van der Waals surface area contributed by atoms with Gasteiger partial charge in [-0.2, -0.15) is 0 Å². The molecule has 1 aromatic carbocycles. The van der Waals surface area contributed by atoms with Crippen molar-refractivity contribution < 1.29 is 14.3 Å². The first-order chi connectivity index (χ1) is 17.5. The standard InChI is InChI=1S/C27H34N6O3/c1-4-6-23-21(8-10-24-25(23)18-36-27(24)35)11-12-31-13-15-32(16-14-31)26(34)17-20(3)7-9-22(5-2)33-19-28-29-30-33/h5,7-10,19H,2,4,6,11-18H2,1,3H3. The molecule has 2 aromatic rings. The summed E-state index contributed by atoms with van der Waals surface area (Å²) in [7, 11) is 0. The van der Waals surface area contributed by atoms with Crippen LogP contribution < -0.4 is 0 Å². The lowest BCUT2D eigenvalue weighted by Gasteiger charge is -2.35. The zero-order valence-corrected chi connectivity index (χ0v) is 21.2. The number of ether oxygens (including phenoxy) is 1. The first-order valence-corrected chi connectivity index (χ1v) is 12.5. The molecule has 36 heavy (non-hydrogen) atoms. The summed E-state index contributed by atoms with van der Waals surface area (Å²) < 4.78 is 6.79. The zero-order chi connectivity index (χ0) is 25.5. The van der Waals surface area contributed by atoms with E-state index >= 15 is 0 Å². The molecule has 190 valence electrons. The predicted molar refractivity (Wildman–Crippen MR) is 137 cm³/mol. The van der Waals surface area contributed by atoms with Gasteiger partial charge in [-0.25, -0.2) is 9.48 Å². The topological polar surface area (TPSA) is 93.5 Å². The molecule has 3 heterocycles. The van der Waals surface area contributed by atoms with Crippen molar-refractivity contribution in [3.05, 3.63) is 71.1 Å². The molecule has 9 heteroatoms. The number of tetrazole rings is 1. The lowest BCUT2D eigenvalue weighted by atomic mass is 9.92. The van der Waals surface area contributed by atoms with E-state index in [0.29, 0.717) is 13.0 Å². The van der Waals surface area contributed by atoms with Crippen LogP contribution in [0.25, 0.3) is 5.70 Å². The number of piperazine rings is 1. The SMILES string of the molecule is C=CC(=CC=C(C)CC(=O)N1CCN(CCc2ccc3c(c2CCC)COC3=O)CC1)n1cnnn1. The highest BCUT2D eigenvalue weighted by molar-refractivity contribution is 5.94. The maximum Gasteiger partial charge on any atom is 0.338 e. The maximum atomic E-state index is 12.8. The lowest BCUT2D eigenvalue weighted by molar-refractivity contribution is -0.132. The summed E-state index contributed by atoms with van der Waals surface area (Å²) in [6.07, 6.45) is 10.3. The third-order valence-electron chi connectivity index (χ3n) is 6.81. The Morgan fingerprint density at radius 3 is 2.67 bits per heavy atom. The predicted octanol–water partition coefficient (Wildman–Crippen LogP) is 3.05. The molecule has 1 fully saturated rings. The smallest absolute Gasteiger partial charge is 0.338 e. The normalized spacial score (nSPS) is 16.7. The van der Waals surface area contributed by atoms with Crippen LogP contribution in [0.1, 0.15) is 53.7 Å². The van der Waals surface area contributed by atoms with E-state index in [1.165, 1.54) is 22.1 Å². The van der Waals surface area contributed by atoms with E-state index < -0.39 is 0 Å². The number of rotatable bonds is 10. The number of amides is 1. The molecule has 2 aliphatic rings. The molecule has 0 bridgehead atoms. The van der Waals surface area contributed by atoms with Crippen molar-refractivity contribution in [2.24, 2.45) is 0 Å². The fourth-order valence-electron chi connectivity index (χ4n) is 4.76. The Hall–Kier alpha value is -3.59. The first-order valence-electron chi connectivity index (χ1n) is 12.5. The molecule has 0 N–H and O–H groups in total. The van der Waals surface area contributed by atoms with Gasteiger partial charge < -0.3 is 9.64 Å². The van der Waals surface area contributed by atoms with E-state index in [9.17, 15) is 9.59 Å². The summed E-state index contributed by atoms with van der Waals surface area (Å²) in [5, 5.41) is 11.1. The molecule has 0 saturated carbocycles. The number of benzene rings is 1. The Labute approximate surface area is 212 Å². The summed E-state index contributed by atoms with van der Waals surface area (Å²) in [6, 6.07) is 4.01. The largest absolute Gasteiger partial charge is 0.457 e. The summed E-state index contributed by atoms with van der Waals surface area (Å²) >= 11 is 0. The van der Waals surface area contributed by atoms with Crippen LogP contribution in [0.3, 0.4) is 0 Å². The minimum Gasteiger partial charge on any atom is -0.457 e. The maximum absolute atomic E-state index is 12.8. The molecular formula is C27H34N6O3. The molecule has 0 atom stereocenters. The van der Waals surface area contributed by atoms with E-state index in [1.807, 2.05) is 30.0 Å². The molecule has 9 nitrogen and oxygen atoms in total. The van der Waals surface area contributed by atoms with Crippen molar-refractivity contribution in [2.45, 2.75) is 46.1 Å². The van der Waals surface area contributed by atoms with Gasteiger partial charge in [0.15, 0.2) is 0 Å². The third-order valence-corrected chi connectivity index (χ3v) is 6.81. The molecule has 0 aliphatic carbocycles. The lowest BCUT2D eigenvalue weighted by Crippen LogP contribution is -2.49. The molecule has 1 saturated heterocycles. The van der Waals surface area contributed by atoms with Crippen molar-refractivity contribution in [3.8, 4) is 0 Å². The number of esters is 1. The molecule has 1 amide bonds. The quantitative estimate of drug-likeness (QED) is 0.373. The summed E-state index contributed by atoms with van der Waals surface area (Å²) in [4.78, 5) is 29.1. The second-order valence-corrected chi connectivity index (χ2v) is 9.27. The second-order valence-electron chi connectivity index (χ2n) is 9.27. The van der Waals surface area contributed by atoms with Crippen molar-refractivity contribution in [2.75, 3.05) is 32.7 Å². The van der Waals surface area contributed by atoms with Crippen LogP contribution in [0.2, 0.25) is 0 Å². The first kappa shape index (κ1) is 25.5. The fourth-order valence-corrected chi connectivity index (χ4v) is 4.76. The Kier molecular flexibility index (Phi) is 8.43. The fraction of sp³-hybridized carbons (Fsp3) is 0.444. The van der Waals surface area contributed by atoms with Crippen LogP contribution in [0.15, 0.2) is 48.8 Å². The van der Waals surface area contributed by atoms with Crippen molar-refractivity contribution >= 4 is 17.6 Å². The number of hydrogen-bond acceptors (Lipinski definition) is 7. The average Bonchev–Trinajstić information content (AvgIpc) is 3.55. The molecule has 2 aliphatic heterocycles. The summed E-state index contributed by atoms with van der Waals surface area (Å²) in [5.41, 5.74) is 6.10. The average molecular weight is 491 g/mol. The van der Waals surface area contributed by atoms with Gasteiger partial charge in [0.2, 0.25) is 5.91 Å². The highest BCUT2D eigenvalue weighted by atomic mass is 16.5. The number of carbonyl (C=O) groups excluding carboxylic acids is 2. The van der Waals surface area contributed by atoms with Crippen LogP contribution in [0, 0.1) is 0 Å². The van der Waals surface area contributed by atoms with Gasteiger partial charge in [0.1, 0.15) is 12.9 Å². The molecular weight excluding hydrogens is 456 g/mol. The van der Waals surface area contributed by atoms with Gasteiger partial charge in [-0.3, -0.25) is 9.69 Å². The van der Waals surface area contributed by atoms with E-state index in [2.05, 4.69) is 40.0 Å². The van der Waals surface area contributed by atoms with E-state index in [-0.39, 0.29) is 11.9 Å². The Bertz CT molecular complexity index is 1160. The molecule has 4 rings (SSSR count). The Morgan fingerprint density at radius 2 is 1.97 bits per heavy atom. The number of fused-ring (bicyclic) bond motifs is 1. The van der Waals surface area contributed by atoms with Gasteiger partial charge in [-0.05, 0) is 59.5 Å². The highest BCUT2D eigenvalue weighted by Crippen LogP contribution is 2.28. The monoisotopic (exact) mass is 490 g/mol. The second kappa shape index (κ2) is 11.9. The molecule has 0 unspecified atom stereocenters. The molecule has 0 spiro atoms. The van der Waals surface area contributed by atoms with Crippen LogP contribution >= 0.6 is 0 Å². The molecule has 0 radical (unpaired) electrons. The van der Waals surface area contributed by atoms with Gasteiger partial charge >= 0.3 is 5.97 Å². The zero-order valence-electron chi connectivity index (χ0n) is 21.2. The van der Waals surface area contributed by atoms with Crippen molar-refractivity contribution in [3.63, 3.8) is 0 Å². The van der Waals surface area contributed by atoms with Crippen LogP contribution in [0.5, 0.6) is 0 Å². The van der Waals surface area contributed by atoms with Crippen LogP contribution in [-0.2, 0) is 29.0 Å². The minimum atomic E-state index is -0.204. The van der Waals surface area contributed by atoms with Gasteiger partial charge in [0, 0.05) is 44.7 Å². The number of aromatic nitrogens is 4. The van der Waals surface area contributed by atoms with Crippen molar-refractivity contribution in [1.82, 2.24) is 30.0 Å². The van der Waals surface area contributed by atoms with E-state index in [0.717, 1.165) is 74.4 Å². The van der Waals surface area contributed by atoms with E-state index in [1.54, 1.807) is 6.08 Å². The summed E-state index contributed by atoms with van der Waals surface area (Å²) in [5.74, 6) is -0.0580. The minimum absolute atomic E-state index is 0.146. The Morgan fingerprint density at radius 1 is 1.17 bits per heavy atom. The van der Waals surface area contributed by atoms with Crippen LogP contribution in [-0.4, -0.2) is 74.6 Å². The Balaban J connectivity index is 1.27. The third kappa shape index (κ3) is 5.96. The number of nitrogens with zero attached hydrogens (tertiary/aromatic N) is 6. The van der Waals surface area contributed by atoms with Gasteiger partial charge in [-0.15, -0.1) is 5.10 Å². The number of hydrogen-bond donors (Lipinski definition) is 0. The van der Waals surface area contributed by atoms with Gasteiger partial charge in [-0.1, -0.05) is 37.6 Å². The highest BCUT2D eigenvalue weighted by Gasteiger charge is 2.26. The molecule has 1 aromatic heterocycles. The number of allylic oxidation sites excluding steroid dienone is 4. The van der Waals surface area contributed by atoms with Gasteiger partial charge in [0.05, 0.1) is 11.3 Å². The van der Waals surface area contributed by atoms with Crippen molar-refractivity contribution in [1.29, 1.82) is 0 Å². The number of cyclic esters (lactones) is 1. The van der Waals surface area contributed by atoms with E-state index in [4.69, 9.17) is 4.74 Å². The number of carbonyl (C=O) groups is 2.